The van der Waals surface area contributed by atoms with Gasteiger partial charge in [0.1, 0.15) is 23.1 Å². The van der Waals surface area contributed by atoms with Crippen molar-refractivity contribution in [3.63, 3.8) is 0 Å². The number of carbonyl (C=O) groups excluding carboxylic acids is 2. The maximum absolute atomic E-state index is 13.0. The van der Waals surface area contributed by atoms with Crippen LogP contribution in [0.4, 0.5) is 0 Å². The van der Waals surface area contributed by atoms with Crippen LogP contribution in [-0.4, -0.2) is 53.1 Å². The van der Waals surface area contributed by atoms with Crippen LogP contribution in [0, 0.1) is 0 Å². The Bertz CT molecular complexity index is 866. The monoisotopic (exact) mass is 396 g/mol. The molecule has 2 amide bonds. The van der Waals surface area contributed by atoms with E-state index >= 15 is 0 Å². The lowest BCUT2D eigenvalue weighted by atomic mass is 9.84. The molecule has 2 saturated heterocycles. The Labute approximate surface area is 170 Å². The van der Waals surface area contributed by atoms with Gasteiger partial charge >= 0.3 is 0 Å². The van der Waals surface area contributed by atoms with Crippen LogP contribution in [0.1, 0.15) is 49.4 Å². The van der Waals surface area contributed by atoms with E-state index in [0.29, 0.717) is 30.8 Å². The second kappa shape index (κ2) is 8.37. The SMILES string of the molecule is CCCNC(=O)[C@@]12CCCCN1C[C@@H](NC(=O)c1conc1-c1ccccc1)C2. The van der Waals surface area contributed by atoms with Gasteiger partial charge in [0.2, 0.25) is 5.91 Å². The molecule has 3 heterocycles. The molecule has 0 bridgehead atoms. The van der Waals surface area contributed by atoms with Crippen LogP contribution >= 0.6 is 0 Å². The van der Waals surface area contributed by atoms with Crippen LogP contribution in [0.3, 0.4) is 0 Å². The van der Waals surface area contributed by atoms with Crippen molar-refractivity contribution in [3.8, 4) is 11.3 Å². The lowest BCUT2D eigenvalue weighted by molar-refractivity contribution is -0.133. The Hall–Kier alpha value is -2.67. The van der Waals surface area contributed by atoms with E-state index in [4.69, 9.17) is 4.52 Å². The maximum Gasteiger partial charge on any atom is 0.257 e. The first-order chi connectivity index (χ1) is 14.1. The molecule has 1 aromatic heterocycles. The molecule has 0 aliphatic carbocycles. The molecule has 2 aliphatic heterocycles. The van der Waals surface area contributed by atoms with Crippen molar-refractivity contribution in [3.05, 3.63) is 42.2 Å². The summed E-state index contributed by atoms with van der Waals surface area (Å²) >= 11 is 0. The third kappa shape index (κ3) is 3.79. The molecule has 2 aliphatic rings. The molecule has 0 spiro atoms. The Kier molecular flexibility index (Phi) is 5.67. The number of aromatic nitrogens is 1. The zero-order valence-corrected chi connectivity index (χ0v) is 16.8. The van der Waals surface area contributed by atoms with Gasteiger partial charge in [-0.15, -0.1) is 0 Å². The largest absolute Gasteiger partial charge is 0.363 e. The highest BCUT2D eigenvalue weighted by molar-refractivity contribution is 5.99. The second-order valence-electron chi connectivity index (χ2n) is 8.01. The fourth-order valence-electron chi connectivity index (χ4n) is 4.64. The van der Waals surface area contributed by atoms with Crippen molar-refractivity contribution < 1.29 is 14.1 Å². The number of carbonyl (C=O) groups is 2. The molecule has 7 nitrogen and oxygen atoms in total. The zero-order chi connectivity index (χ0) is 20.3. The summed E-state index contributed by atoms with van der Waals surface area (Å²) in [6.07, 6.45) is 5.92. The van der Waals surface area contributed by atoms with Crippen LogP contribution in [0.5, 0.6) is 0 Å². The number of nitrogens with one attached hydrogen (secondary N) is 2. The molecule has 2 atom stereocenters. The van der Waals surface area contributed by atoms with Gasteiger partial charge in [-0.1, -0.05) is 42.4 Å². The van der Waals surface area contributed by atoms with Crippen LogP contribution < -0.4 is 10.6 Å². The fraction of sp³-hybridized carbons (Fsp3) is 0.500. The first-order valence-corrected chi connectivity index (χ1v) is 10.5. The summed E-state index contributed by atoms with van der Waals surface area (Å²) in [4.78, 5) is 28.2. The minimum absolute atomic E-state index is 0.0773. The highest BCUT2D eigenvalue weighted by Gasteiger charge is 2.52. The molecule has 2 N–H and O–H groups in total. The highest BCUT2D eigenvalue weighted by atomic mass is 16.5. The number of rotatable bonds is 6. The summed E-state index contributed by atoms with van der Waals surface area (Å²) in [6.45, 7) is 4.33. The van der Waals surface area contributed by atoms with Gasteiger partial charge in [-0.2, -0.15) is 0 Å². The predicted octanol–water partition coefficient (Wildman–Crippen LogP) is 2.59. The summed E-state index contributed by atoms with van der Waals surface area (Å²) in [5.74, 6) is -0.107. The van der Waals surface area contributed by atoms with Crippen LogP contribution in [0.2, 0.25) is 0 Å². The molecule has 2 aromatic rings. The summed E-state index contributed by atoms with van der Waals surface area (Å²) in [6, 6.07) is 9.45. The molecule has 0 saturated carbocycles. The third-order valence-corrected chi connectivity index (χ3v) is 6.05. The number of nitrogens with zero attached hydrogens (tertiary/aromatic N) is 2. The lowest BCUT2D eigenvalue weighted by Crippen LogP contribution is -2.57. The molecular formula is C22H28N4O3. The van der Waals surface area contributed by atoms with E-state index in [1.807, 2.05) is 30.3 Å². The van der Waals surface area contributed by atoms with Gasteiger partial charge in [-0.05, 0) is 38.6 Å². The smallest absolute Gasteiger partial charge is 0.257 e. The van der Waals surface area contributed by atoms with E-state index in [-0.39, 0.29) is 17.9 Å². The lowest BCUT2D eigenvalue weighted by Gasteiger charge is -2.40. The molecule has 7 heteroatoms. The van der Waals surface area contributed by atoms with E-state index in [9.17, 15) is 9.59 Å². The maximum atomic E-state index is 13.0. The average molecular weight is 396 g/mol. The fourth-order valence-corrected chi connectivity index (χ4v) is 4.64. The number of hydrogen-bond donors (Lipinski definition) is 2. The molecule has 0 radical (unpaired) electrons. The van der Waals surface area contributed by atoms with Crippen molar-refractivity contribution in [2.24, 2.45) is 0 Å². The summed E-state index contributed by atoms with van der Waals surface area (Å²) < 4.78 is 5.10. The molecule has 0 unspecified atom stereocenters. The quantitative estimate of drug-likeness (QED) is 0.784. The van der Waals surface area contributed by atoms with Gasteiger partial charge in [-0.25, -0.2) is 0 Å². The van der Waals surface area contributed by atoms with E-state index in [1.54, 1.807) is 0 Å². The van der Waals surface area contributed by atoms with Gasteiger partial charge in [0.05, 0.1) is 0 Å². The first-order valence-electron chi connectivity index (χ1n) is 10.5. The molecule has 154 valence electrons. The van der Waals surface area contributed by atoms with Crippen molar-refractivity contribution >= 4 is 11.8 Å². The Balaban J connectivity index is 1.49. The van der Waals surface area contributed by atoms with Crippen LogP contribution in [0.15, 0.2) is 41.1 Å². The van der Waals surface area contributed by atoms with E-state index < -0.39 is 5.54 Å². The van der Waals surface area contributed by atoms with Crippen molar-refractivity contribution in [2.45, 2.75) is 50.6 Å². The van der Waals surface area contributed by atoms with Crippen LogP contribution in [0.25, 0.3) is 11.3 Å². The topological polar surface area (TPSA) is 87.5 Å². The van der Waals surface area contributed by atoms with E-state index in [2.05, 4.69) is 27.6 Å². The number of benzene rings is 1. The molecule has 2 fully saturated rings. The van der Waals surface area contributed by atoms with Crippen molar-refractivity contribution in [1.29, 1.82) is 0 Å². The van der Waals surface area contributed by atoms with Gasteiger partial charge in [0, 0.05) is 24.7 Å². The minimum Gasteiger partial charge on any atom is -0.363 e. The zero-order valence-electron chi connectivity index (χ0n) is 16.8. The van der Waals surface area contributed by atoms with Crippen molar-refractivity contribution in [2.75, 3.05) is 19.6 Å². The van der Waals surface area contributed by atoms with E-state index in [0.717, 1.165) is 37.8 Å². The molecule has 29 heavy (non-hydrogen) atoms. The summed E-state index contributed by atoms with van der Waals surface area (Å²) in [5, 5.41) is 10.2. The molecule has 1 aromatic carbocycles. The Morgan fingerprint density at radius 2 is 2.10 bits per heavy atom. The van der Waals surface area contributed by atoms with Crippen molar-refractivity contribution in [1.82, 2.24) is 20.7 Å². The minimum atomic E-state index is -0.498. The van der Waals surface area contributed by atoms with E-state index in [1.165, 1.54) is 6.26 Å². The number of hydrogen-bond acceptors (Lipinski definition) is 5. The normalized spacial score (nSPS) is 24.1. The Morgan fingerprint density at radius 1 is 1.28 bits per heavy atom. The number of piperidine rings is 1. The van der Waals surface area contributed by atoms with Gasteiger partial charge in [0.25, 0.3) is 5.91 Å². The van der Waals surface area contributed by atoms with Gasteiger partial charge in [-0.3, -0.25) is 14.5 Å². The standard InChI is InChI=1S/C22H28N4O3/c1-2-11-23-21(28)22-10-6-7-12-26(22)14-17(13-22)24-20(27)18-15-29-25-19(18)16-8-4-3-5-9-16/h3-5,8-9,15,17H,2,6-7,10-14H2,1H3,(H,23,28)(H,24,27)/t17-,22-/m0/s1. The third-order valence-electron chi connectivity index (χ3n) is 6.05. The number of fused-ring (bicyclic) bond motifs is 1. The predicted molar refractivity (Wildman–Crippen MR) is 109 cm³/mol. The second-order valence-corrected chi connectivity index (χ2v) is 8.01. The van der Waals surface area contributed by atoms with Gasteiger partial charge < -0.3 is 15.2 Å². The first kappa shape index (κ1) is 19.6. The highest BCUT2D eigenvalue weighted by Crippen LogP contribution is 2.38. The van der Waals surface area contributed by atoms with Crippen LogP contribution in [-0.2, 0) is 4.79 Å². The molecular weight excluding hydrogens is 368 g/mol. The number of amides is 2. The summed E-state index contributed by atoms with van der Waals surface area (Å²) in [5.41, 5.74) is 1.30. The molecule has 4 rings (SSSR count). The van der Waals surface area contributed by atoms with Gasteiger partial charge in [0.15, 0.2) is 0 Å². The average Bonchev–Trinajstić information content (AvgIpc) is 3.37. The Morgan fingerprint density at radius 3 is 2.90 bits per heavy atom. The summed E-state index contributed by atoms with van der Waals surface area (Å²) in [7, 11) is 0.